The van der Waals surface area contributed by atoms with Gasteiger partial charge in [0, 0.05) is 19.5 Å². The van der Waals surface area contributed by atoms with Crippen LogP contribution < -0.4 is 11.1 Å². The van der Waals surface area contributed by atoms with E-state index in [1.165, 1.54) is 0 Å². The minimum absolute atomic E-state index is 0.0321. The van der Waals surface area contributed by atoms with Gasteiger partial charge in [0.05, 0.1) is 11.0 Å². The van der Waals surface area contributed by atoms with Crippen molar-refractivity contribution < 1.29 is 4.79 Å². The van der Waals surface area contributed by atoms with Crippen molar-refractivity contribution in [1.29, 1.82) is 0 Å². The Hall–Kier alpha value is -2.04. The first-order valence-corrected chi connectivity index (χ1v) is 5.70. The molecule has 5 nitrogen and oxygen atoms in total. The summed E-state index contributed by atoms with van der Waals surface area (Å²) >= 11 is 0. The minimum Gasteiger partial charge on any atom is -0.369 e. The lowest BCUT2D eigenvalue weighted by atomic mass is 10.3. The smallest absolute Gasteiger partial charge is 0.221 e. The van der Waals surface area contributed by atoms with Gasteiger partial charge in [-0.15, -0.1) is 0 Å². The Bertz CT molecular complexity index is 532. The average molecular weight is 232 g/mol. The van der Waals surface area contributed by atoms with Crippen molar-refractivity contribution in [3.63, 3.8) is 0 Å². The van der Waals surface area contributed by atoms with Gasteiger partial charge in [0.2, 0.25) is 11.9 Å². The Morgan fingerprint density at radius 2 is 2.24 bits per heavy atom. The van der Waals surface area contributed by atoms with Crippen LogP contribution >= 0.6 is 0 Å². The van der Waals surface area contributed by atoms with Gasteiger partial charge in [0.15, 0.2) is 0 Å². The van der Waals surface area contributed by atoms with Gasteiger partial charge in [0.25, 0.3) is 0 Å². The zero-order chi connectivity index (χ0) is 12.3. The zero-order valence-corrected chi connectivity index (χ0v) is 9.81. The molecule has 90 valence electrons. The molecule has 2 rings (SSSR count). The Morgan fingerprint density at radius 3 is 3.00 bits per heavy atom. The van der Waals surface area contributed by atoms with Crippen molar-refractivity contribution in [3.8, 4) is 0 Å². The number of aryl methyl sites for hydroxylation is 1. The van der Waals surface area contributed by atoms with Crippen molar-refractivity contribution in [3.05, 3.63) is 24.3 Å². The highest BCUT2D eigenvalue weighted by Crippen LogP contribution is 2.17. The maximum atomic E-state index is 11.4. The Kier molecular flexibility index (Phi) is 3.27. The number of imidazole rings is 1. The number of benzene rings is 1. The fraction of sp³-hybridized carbons (Fsp3) is 0.333. The summed E-state index contributed by atoms with van der Waals surface area (Å²) in [4.78, 5) is 15.6. The number of aromatic nitrogens is 2. The van der Waals surface area contributed by atoms with Crippen LogP contribution in [0.25, 0.3) is 11.0 Å². The van der Waals surface area contributed by atoms with Crippen molar-refractivity contribution >= 4 is 22.9 Å². The molecule has 0 fully saturated rings. The standard InChI is InChI=1S/C12H16N4O/c1-2-14-11(17)7-8-16-10-6-4-3-5-9(10)15-12(16)13/h3-6H,2,7-8H2,1H3,(H2,13,15)(H,14,17). The van der Waals surface area contributed by atoms with Crippen molar-refractivity contribution in [2.45, 2.75) is 19.9 Å². The zero-order valence-electron chi connectivity index (χ0n) is 9.81. The molecular weight excluding hydrogens is 216 g/mol. The summed E-state index contributed by atoms with van der Waals surface area (Å²) in [6, 6.07) is 7.72. The van der Waals surface area contributed by atoms with Gasteiger partial charge in [-0.05, 0) is 19.1 Å². The number of nitrogens with zero attached hydrogens (tertiary/aromatic N) is 2. The van der Waals surface area contributed by atoms with Gasteiger partial charge in [-0.1, -0.05) is 12.1 Å². The van der Waals surface area contributed by atoms with Gasteiger partial charge in [-0.2, -0.15) is 0 Å². The normalized spacial score (nSPS) is 10.6. The van der Waals surface area contributed by atoms with Crippen molar-refractivity contribution in [1.82, 2.24) is 14.9 Å². The molecule has 0 atom stereocenters. The Morgan fingerprint density at radius 1 is 1.47 bits per heavy atom. The topological polar surface area (TPSA) is 72.9 Å². The quantitative estimate of drug-likeness (QED) is 0.830. The first-order valence-electron chi connectivity index (χ1n) is 5.70. The predicted octanol–water partition coefficient (Wildman–Crippen LogP) is 1.14. The number of hydrogen-bond donors (Lipinski definition) is 2. The highest BCUT2D eigenvalue weighted by Gasteiger charge is 2.08. The number of nitrogens with two attached hydrogens (primary N) is 1. The van der Waals surface area contributed by atoms with Gasteiger partial charge in [-0.25, -0.2) is 4.98 Å². The second-order valence-corrected chi connectivity index (χ2v) is 3.81. The summed E-state index contributed by atoms with van der Waals surface area (Å²) in [5, 5.41) is 2.76. The number of hydrogen-bond acceptors (Lipinski definition) is 3. The van der Waals surface area contributed by atoms with Crippen LogP contribution in [0.5, 0.6) is 0 Å². The van der Waals surface area contributed by atoms with E-state index in [-0.39, 0.29) is 5.91 Å². The summed E-state index contributed by atoms with van der Waals surface area (Å²) in [5.41, 5.74) is 7.66. The maximum absolute atomic E-state index is 11.4. The molecule has 17 heavy (non-hydrogen) atoms. The summed E-state index contributed by atoms with van der Waals surface area (Å²) < 4.78 is 1.87. The molecule has 2 aromatic rings. The van der Waals surface area contributed by atoms with E-state index in [1.54, 1.807) is 0 Å². The summed E-state index contributed by atoms with van der Waals surface area (Å²) in [7, 11) is 0. The van der Waals surface area contributed by atoms with E-state index in [4.69, 9.17) is 5.73 Å². The largest absolute Gasteiger partial charge is 0.369 e. The van der Waals surface area contributed by atoms with E-state index < -0.39 is 0 Å². The van der Waals surface area contributed by atoms with Crippen LogP contribution in [0.3, 0.4) is 0 Å². The second kappa shape index (κ2) is 4.86. The molecule has 3 N–H and O–H groups in total. The van der Waals surface area contributed by atoms with E-state index in [0.29, 0.717) is 25.5 Å². The Labute approximate surface area is 99.6 Å². The number of amides is 1. The van der Waals surface area contributed by atoms with E-state index in [0.717, 1.165) is 11.0 Å². The fourth-order valence-corrected chi connectivity index (χ4v) is 1.83. The van der Waals surface area contributed by atoms with E-state index in [1.807, 2.05) is 35.8 Å². The van der Waals surface area contributed by atoms with Crippen molar-refractivity contribution in [2.75, 3.05) is 12.3 Å². The first kappa shape index (κ1) is 11.4. The summed E-state index contributed by atoms with van der Waals surface area (Å²) in [6.07, 6.45) is 0.415. The third kappa shape index (κ3) is 2.38. The molecule has 0 aliphatic heterocycles. The molecule has 0 saturated heterocycles. The molecule has 0 unspecified atom stereocenters. The van der Waals surface area contributed by atoms with Crippen LogP contribution in [0.1, 0.15) is 13.3 Å². The lowest BCUT2D eigenvalue weighted by Crippen LogP contribution is -2.24. The number of nitrogens with one attached hydrogen (secondary N) is 1. The third-order valence-electron chi connectivity index (χ3n) is 2.62. The molecule has 0 bridgehead atoms. The van der Waals surface area contributed by atoms with Crippen LogP contribution in [-0.4, -0.2) is 22.0 Å². The summed E-state index contributed by atoms with van der Waals surface area (Å²) in [6.45, 7) is 3.11. The molecule has 0 saturated carbocycles. The molecule has 1 aromatic carbocycles. The SMILES string of the molecule is CCNC(=O)CCn1c(N)nc2ccccc21. The minimum atomic E-state index is 0.0321. The van der Waals surface area contributed by atoms with Crippen LogP contribution in [0.2, 0.25) is 0 Å². The van der Waals surface area contributed by atoms with E-state index in [9.17, 15) is 4.79 Å². The molecule has 0 radical (unpaired) electrons. The van der Waals surface area contributed by atoms with Crippen LogP contribution in [0.15, 0.2) is 24.3 Å². The predicted molar refractivity (Wildman–Crippen MR) is 67.4 cm³/mol. The number of para-hydroxylation sites is 2. The monoisotopic (exact) mass is 232 g/mol. The van der Waals surface area contributed by atoms with Crippen LogP contribution in [0.4, 0.5) is 5.95 Å². The molecule has 0 spiro atoms. The first-order chi connectivity index (χ1) is 8.22. The van der Waals surface area contributed by atoms with Crippen molar-refractivity contribution in [2.24, 2.45) is 0 Å². The highest BCUT2D eigenvalue weighted by molar-refractivity contribution is 5.79. The lowest BCUT2D eigenvalue weighted by molar-refractivity contribution is -0.121. The molecule has 5 heteroatoms. The number of carbonyl (C=O) groups is 1. The lowest BCUT2D eigenvalue weighted by Gasteiger charge is -2.06. The van der Waals surface area contributed by atoms with Crippen LogP contribution in [-0.2, 0) is 11.3 Å². The molecule has 0 aliphatic carbocycles. The summed E-state index contributed by atoms with van der Waals surface area (Å²) in [5.74, 6) is 0.486. The number of fused-ring (bicyclic) bond motifs is 1. The van der Waals surface area contributed by atoms with E-state index in [2.05, 4.69) is 10.3 Å². The molecule has 1 amide bonds. The Balaban J connectivity index is 2.18. The average Bonchev–Trinajstić information content (AvgIpc) is 2.62. The maximum Gasteiger partial charge on any atom is 0.221 e. The number of nitrogen functional groups attached to an aromatic ring is 1. The molecular formula is C12H16N4O. The molecule has 0 aliphatic rings. The van der Waals surface area contributed by atoms with Gasteiger partial charge in [-0.3, -0.25) is 4.79 Å². The van der Waals surface area contributed by atoms with Gasteiger partial charge in [0.1, 0.15) is 0 Å². The van der Waals surface area contributed by atoms with Gasteiger partial charge < -0.3 is 15.6 Å². The van der Waals surface area contributed by atoms with Gasteiger partial charge >= 0.3 is 0 Å². The fourth-order valence-electron chi connectivity index (χ4n) is 1.83. The number of anilines is 1. The number of carbonyl (C=O) groups excluding carboxylic acids is 1. The third-order valence-corrected chi connectivity index (χ3v) is 2.62. The van der Waals surface area contributed by atoms with Crippen LogP contribution in [0, 0.1) is 0 Å². The van der Waals surface area contributed by atoms with E-state index >= 15 is 0 Å². The highest BCUT2D eigenvalue weighted by atomic mass is 16.1. The number of rotatable bonds is 4. The molecule has 1 heterocycles. The molecule has 1 aromatic heterocycles. The second-order valence-electron chi connectivity index (χ2n) is 3.81.